The summed E-state index contributed by atoms with van der Waals surface area (Å²) in [6, 6.07) is 15.6. The normalized spacial score (nSPS) is 12.7. The molecular weight excluding hydrogens is 382 g/mol. The molecule has 7 heteroatoms. The lowest BCUT2D eigenvalue weighted by Crippen LogP contribution is -2.16. The number of rotatable bonds is 4. The van der Waals surface area contributed by atoms with Crippen LogP contribution in [-0.2, 0) is 12.8 Å². The minimum absolute atomic E-state index is 0.158. The number of carbonyl (C=O) groups excluding carboxylic acids is 1. The third kappa shape index (κ3) is 3.23. The van der Waals surface area contributed by atoms with Gasteiger partial charge in [0.15, 0.2) is 0 Å². The zero-order valence-corrected chi connectivity index (χ0v) is 16.7. The number of aromatic nitrogens is 4. The van der Waals surface area contributed by atoms with Crippen LogP contribution in [0.2, 0.25) is 0 Å². The first-order valence-corrected chi connectivity index (χ1v) is 10.4. The maximum atomic E-state index is 13.2. The Bertz CT molecular complexity index is 1180. The Morgan fingerprint density at radius 1 is 1.10 bits per heavy atom. The van der Waals surface area contributed by atoms with Crippen molar-refractivity contribution in [3.8, 4) is 16.4 Å². The molecule has 144 valence electrons. The molecule has 1 N–H and O–H groups in total. The van der Waals surface area contributed by atoms with Crippen LogP contribution >= 0.6 is 11.3 Å². The molecule has 0 radical (unpaired) electrons. The first-order valence-electron chi connectivity index (χ1n) is 9.57. The highest BCUT2D eigenvalue weighted by Gasteiger charge is 2.26. The number of hydrogen-bond donors (Lipinski definition) is 1. The SMILES string of the molecule is Cc1nc(-c2ccccn2)sc1C(=O)Nc1c2c(nn1-c1ccccc1)CCC2. The Morgan fingerprint density at radius 3 is 2.72 bits per heavy atom. The summed E-state index contributed by atoms with van der Waals surface area (Å²) in [5, 5.41) is 8.63. The Hall–Kier alpha value is -3.32. The molecule has 1 aromatic carbocycles. The number of hydrogen-bond acceptors (Lipinski definition) is 5. The largest absolute Gasteiger partial charge is 0.305 e. The van der Waals surface area contributed by atoms with Crippen LogP contribution in [0, 0.1) is 6.92 Å². The van der Waals surface area contributed by atoms with Gasteiger partial charge in [0.2, 0.25) is 0 Å². The molecule has 0 unspecified atom stereocenters. The Morgan fingerprint density at radius 2 is 1.93 bits per heavy atom. The van der Waals surface area contributed by atoms with E-state index in [0.29, 0.717) is 10.6 Å². The molecule has 3 aromatic heterocycles. The molecule has 29 heavy (non-hydrogen) atoms. The lowest BCUT2D eigenvalue weighted by atomic mass is 10.2. The topological polar surface area (TPSA) is 72.7 Å². The molecule has 0 aliphatic heterocycles. The van der Waals surface area contributed by atoms with Gasteiger partial charge in [0.1, 0.15) is 15.7 Å². The van der Waals surface area contributed by atoms with Crippen LogP contribution in [0.5, 0.6) is 0 Å². The number of thiazole rings is 1. The molecule has 1 aliphatic rings. The number of aryl methyl sites for hydroxylation is 2. The van der Waals surface area contributed by atoms with Crippen molar-refractivity contribution in [3.63, 3.8) is 0 Å². The van der Waals surface area contributed by atoms with Crippen molar-refractivity contribution in [2.45, 2.75) is 26.2 Å². The fourth-order valence-electron chi connectivity index (χ4n) is 3.65. The third-order valence-corrected chi connectivity index (χ3v) is 6.21. The number of amides is 1. The van der Waals surface area contributed by atoms with Gasteiger partial charge in [0.25, 0.3) is 5.91 Å². The Kier molecular flexibility index (Phi) is 4.44. The standard InChI is InChI=1S/C22H19N5OS/c1-14-19(29-22(24-14)18-11-5-6-13-23-18)21(28)25-20-16-10-7-12-17(16)26-27(20)15-8-3-2-4-9-15/h2-6,8-9,11,13H,7,10,12H2,1H3,(H,25,28). The molecule has 0 fully saturated rings. The summed E-state index contributed by atoms with van der Waals surface area (Å²) in [5.74, 6) is 0.606. The lowest BCUT2D eigenvalue weighted by Gasteiger charge is -2.10. The van der Waals surface area contributed by atoms with Crippen molar-refractivity contribution in [2.75, 3.05) is 5.32 Å². The van der Waals surface area contributed by atoms with Crippen molar-refractivity contribution in [1.82, 2.24) is 19.7 Å². The zero-order valence-electron chi connectivity index (χ0n) is 15.9. The van der Waals surface area contributed by atoms with E-state index in [1.54, 1.807) is 6.20 Å². The van der Waals surface area contributed by atoms with E-state index in [9.17, 15) is 4.79 Å². The highest BCUT2D eigenvalue weighted by molar-refractivity contribution is 7.17. The van der Waals surface area contributed by atoms with Gasteiger partial charge in [-0.15, -0.1) is 11.3 Å². The number of anilines is 1. The fourth-order valence-corrected chi connectivity index (χ4v) is 4.58. The van der Waals surface area contributed by atoms with E-state index in [-0.39, 0.29) is 5.91 Å². The first-order chi connectivity index (χ1) is 14.2. The van der Waals surface area contributed by atoms with Gasteiger partial charge in [-0.1, -0.05) is 24.3 Å². The monoisotopic (exact) mass is 401 g/mol. The lowest BCUT2D eigenvalue weighted by molar-refractivity contribution is 0.102. The smallest absolute Gasteiger partial charge is 0.268 e. The van der Waals surface area contributed by atoms with Gasteiger partial charge in [-0.25, -0.2) is 9.67 Å². The van der Waals surface area contributed by atoms with Crippen LogP contribution in [0.3, 0.4) is 0 Å². The molecule has 0 bridgehead atoms. The predicted molar refractivity (Wildman–Crippen MR) is 114 cm³/mol. The number of para-hydroxylation sites is 1. The van der Waals surface area contributed by atoms with Crippen LogP contribution in [0.1, 0.15) is 33.0 Å². The Balaban J connectivity index is 1.50. The van der Waals surface area contributed by atoms with Gasteiger partial charge in [0, 0.05) is 11.8 Å². The number of pyridine rings is 1. The van der Waals surface area contributed by atoms with Crippen molar-refractivity contribution in [2.24, 2.45) is 0 Å². The van der Waals surface area contributed by atoms with Gasteiger partial charge >= 0.3 is 0 Å². The molecule has 0 saturated heterocycles. The molecule has 4 aromatic rings. The quantitative estimate of drug-likeness (QED) is 0.549. The van der Waals surface area contributed by atoms with E-state index in [0.717, 1.165) is 52.7 Å². The molecule has 6 nitrogen and oxygen atoms in total. The second-order valence-electron chi connectivity index (χ2n) is 6.98. The molecular formula is C22H19N5OS. The van der Waals surface area contributed by atoms with Crippen molar-refractivity contribution < 1.29 is 4.79 Å². The van der Waals surface area contributed by atoms with Crippen LogP contribution in [0.15, 0.2) is 54.7 Å². The minimum Gasteiger partial charge on any atom is -0.305 e. The molecule has 0 atom stereocenters. The molecule has 0 spiro atoms. The second kappa shape index (κ2) is 7.25. The molecule has 1 aliphatic carbocycles. The van der Waals surface area contributed by atoms with E-state index >= 15 is 0 Å². The van der Waals surface area contributed by atoms with E-state index in [1.807, 2.05) is 60.1 Å². The molecule has 5 rings (SSSR count). The average molecular weight is 401 g/mol. The van der Waals surface area contributed by atoms with Crippen LogP contribution in [0.4, 0.5) is 5.82 Å². The predicted octanol–water partition coefficient (Wildman–Crippen LogP) is 4.44. The van der Waals surface area contributed by atoms with Gasteiger partial charge in [-0.2, -0.15) is 5.10 Å². The van der Waals surface area contributed by atoms with E-state index in [4.69, 9.17) is 5.10 Å². The van der Waals surface area contributed by atoms with Gasteiger partial charge in [0.05, 0.1) is 22.8 Å². The van der Waals surface area contributed by atoms with E-state index in [1.165, 1.54) is 11.3 Å². The number of carbonyl (C=O) groups is 1. The fraction of sp³-hybridized carbons (Fsp3) is 0.182. The molecule has 1 amide bonds. The highest BCUT2D eigenvalue weighted by Crippen LogP contribution is 2.32. The van der Waals surface area contributed by atoms with Crippen LogP contribution < -0.4 is 5.32 Å². The summed E-state index contributed by atoms with van der Waals surface area (Å²) in [7, 11) is 0. The summed E-state index contributed by atoms with van der Waals surface area (Å²) >= 11 is 1.36. The molecule has 0 saturated carbocycles. The maximum Gasteiger partial charge on any atom is 0.268 e. The minimum atomic E-state index is -0.158. The first kappa shape index (κ1) is 17.8. The zero-order chi connectivity index (χ0) is 19.8. The summed E-state index contributed by atoms with van der Waals surface area (Å²) < 4.78 is 1.84. The molecule has 3 heterocycles. The van der Waals surface area contributed by atoms with Crippen molar-refractivity contribution in [1.29, 1.82) is 0 Å². The summed E-state index contributed by atoms with van der Waals surface area (Å²) in [5.41, 5.74) is 4.62. The second-order valence-corrected chi connectivity index (χ2v) is 7.98. The summed E-state index contributed by atoms with van der Waals surface area (Å²) in [6.45, 7) is 1.86. The van der Waals surface area contributed by atoms with Crippen molar-refractivity contribution in [3.05, 3.63) is 76.6 Å². The summed E-state index contributed by atoms with van der Waals surface area (Å²) in [4.78, 5) is 22.7. The van der Waals surface area contributed by atoms with Crippen molar-refractivity contribution >= 4 is 23.1 Å². The number of nitrogens with zero attached hydrogens (tertiary/aromatic N) is 4. The van der Waals surface area contributed by atoms with E-state index in [2.05, 4.69) is 15.3 Å². The van der Waals surface area contributed by atoms with Crippen LogP contribution in [0.25, 0.3) is 16.4 Å². The Labute approximate surface area is 172 Å². The number of benzene rings is 1. The van der Waals surface area contributed by atoms with Gasteiger partial charge in [-0.05, 0) is 50.5 Å². The average Bonchev–Trinajstić information content (AvgIpc) is 3.45. The van der Waals surface area contributed by atoms with Crippen LogP contribution in [-0.4, -0.2) is 25.7 Å². The highest BCUT2D eigenvalue weighted by atomic mass is 32.1. The third-order valence-electron chi connectivity index (χ3n) is 5.03. The maximum absolute atomic E-state index is 13.2. The summed E-state index contributed by atoms with van der Waals surface area (Å²) in [6.07, 6.45) is 4.67. The number of fused-ring (bicyclic) bond motifs is 1. The van der Waals surface area contributed by atoms with Gasteiger partial charge in [-0.3, -0.25) is 9.78 Å². The van der Waals surface area contributed by atoms with Gasteiger partial charge < -0.3 is 5.32 Å². The number of nitrogens with one attached hydrogen (secondary N) is 1. The van der Waals surface area contributed by atoms with E-state index < -0.39 is 0 Å².